The maximum absolute atomic E-state index is 11.5. The van der Waals surface area contributed by atoms with Gasteiger partial charge in [-0.25, -0.2) is 0 Å². The third-order valence-electron chi connectivity index (χ3n) is 2.82. The van der Waals surface area contributed by atoms with Crippen molar-refractivity contribution in [1.29, 1.82) is 0 Å². The van der Waals surface area contributed by atoms with Crippen molar-refractivity contribution in [3.63, 3.8) is 0 Å². The zero-order chi connectivity index (χ0) is 9.26. The molecule has 0 aromatic heterocycles. The van der Waals surface area contributed by atoms with E-state index in [1.807, 2.05) is 9.80 Å². The van der Waals surface area contributed by atoms with Crippen LogP contribution in [0.5, 0.6) is 0 Å². The van der Waals surface area contributed by atoms with Crippen LogP contribution in [0.3, 0.4) is 0 Å². The Bertz CT molecular complexity index is 204. The first-order chi connectivity index (χ1) is 6.25. The largest absolute Gasteiger partial charge is 0.392 e. The molecule has 0 aromatic rings. The summed E-state index contributed by atoms with van der Waals surface area (Å²) in [4.78, 5) is 15.4. The van der Waals surface area contributed by atoms with E-state index in [-0.39, 0.29) is 12.0 Å². The molecule has 0 saturated carbocycles. The Labute approximate surface area is 78.1 Å². The van der Waals surface area contributed by atoms with Crippen molar-refractivity contribution >= 4 is 5.91 Å². The van der Waals surface area contributed by atoms with E-state index in [0.29, 0.717) is 13.1 Å². The first kappa shape index (κ1) is 8.97. The zero-order valence-electron chi connectivity index (χ0n) is 7.78. The average molecular weight is 184 g/mol. The van der Waals surface area contributed by atoms with Gasteiger partial charge in [-0.1, -0.05) is 0 Å². The number of carbonyl (C=O) groups is 1. The molecule has 2 saturated heterocycles. The van der Waals surface area contributed by atoms with Gasteiger partial charge in [-0.3, -0.25) is 9.69 Å². The molecule has 0 radical (unpaired) electrons. The molecule has 2 fully saturated rings. The molecule has 4 heteroatoms. The first-order valence-electron chi connectivity index (χ1n) is 4.94. The summed E-state index contributed by atoms with van der Waals surface area (Å²) in [6.45, 7) is 3.88. The maximum atomic E-state index is 11.5. The molecule has 2 heterocycles. The maximum Gasteiger partial charge on any atom is 0.236 e. The molecule has 2 aliphatic rings. The highest BCUT2D eigenvalue weighted by Gasteiger charge is 2.26. The smallest absolute Gasteiger partial charge is 0.236 e. The molecule has 1 atom stereocenters. The standard InChI is InChI=1S/C9H16N2O2/c12-8-2-5-10(6-8)7-9(13)11-3-1-4-11/h8,12H,1-7H2. The number of aliphatic hydroxyl groups excluding tert-OH is 1. The van der Waals surface area contributed by atoms with Crippen molar-refractivity contribution in [1.82, 2.24) is 9.80 Å². The van der Waals surface area contributed by atoms with E-state index < -0.39 is 0 Å². The van der Waals surface area contributed by atoms with Crippen molar-refractivity contribution in [3.8, 4) is 0 Å². The summed E-state index contributed by atoms with van der Waals surface area (Å²) < 4.78 is 0. The van der Waals surface area contributed by atoms with Crippen LogP contribution in [0.2, 0.25) is 0 Å². The number of aliphatic hydroxyl groups is 1. The highest BCUT2D eigenvalue weighted by molar-refractivity contribution is 5.78. The normalized spacial score (nSPS) is 29.0. The summed E-state index contributed by atoms with van der Waals surface area (Å²) in [5.74, 6) is 0.223. The number of nitrogens with zero attached hydrogens (tertiary/aromatic N) is 2. The predicted octanol–water partition coefficient (Wildman–Crippen LogP) is -0.715. The van der Waals surface area contributed by atoms with E-state index in [4.69, 9.17) is 0 Å². The number of carbonyl (C=O) groups excluding carboxylic acids is 1. The van der Waals surface area contributed by atoms with E-state index >= 15 is 0 Å². The van der Waals surface area contributed by atoms with Crippen LogP contribution in [0.1, 0.15) is 12.8 Å². The summed E-state index contributed by atoms with van der Waals surface area (Å²) in [6.07, 6.45) is 1.74. The van der Waals surface area contributed by atoms with Crippen LogP contribution < -0.4 is 0 Å². The first-order valence-corrected chi connectivity index (χ1v) is 4.94. The van der Waals surface area contributed by atoms with E-state index in [0.717, 1.165) is 32.5 Å². The van der Waals surface area contributed by atoms with Gasteiger partial charge in [-0.15, -0.1) is 0 Å². The predicted molar refractivity (Wildman–Crippen MR) is 48.3 cm³/mol. The molecule has 74 valence electrons. The average Bonchev–Trinajstić information content (AvgIpc) is 2.31. The second-order valence-corrected chi connectivity index (χ2v) is 3.91. The molecule has 2 rings (SSSR count). The van der Waals surface area contributed by atoms with Crippen LogP contribution in [0.25, 0.3) is 0 Å². The van der Waals surface area contributed by atoms with Gasteiger partial charge in [-0.05, 0) is 12.8 Å². The van der Waals surface area contributed by atoms with Gasteiger partial charge in [0.1, 0.15) is 0 Å². The monoisotopic (exact) mass is 184 g/mol. The fraction of sp³-hybridized carbons (Fsp3) is 0.889. The van der Waals surface area contributed by atoms with Crippen molar-refractivity contribution in [2.45, 2.75) is 18.9 Å². The molecule has 4 nitrogen and oxygen atoms in total. The molecular weight excluding hydrogens is 168 g/mol. The van der Waals surface area contributed by atoms with Crippen molar-refractivity contribution in [3.05, 3.63) is 0 Å². The minimum Gasteiger partial charge on any atom is -0.392 e. The lowest BCUT2D eigenvalue weighted by molar-refractivity contribution is -0.135. The van der Waals surface area contributed by atoms with Crippen LogP contribution in [0.4, 0.5) is 0 Å². The van der Waals surface area contributed by atoms with E-state index in [1.54, 1.807) is 0 Å². The number of hydrogen-bond acceptors (Lipinski definition) is 3. The number of rotatable bonds is 2. The molecule has 13 heavy (non-hydrogen) atoms. The second kappa shape index (κ2) is 3.64. The highest BCUT2D eigenvalue weighted by atomic mass is 16.3. The number of hydrogen-bond donors (Lipinski definition) is 1. The van der Waals surface area contributed by atoms with Crippen LogP contribution in [0, 0.1) is 0 Å². The van der Waals surface area contributed by atoms with Crippen LogP contribution >= 0.6 is 0 Å². The lowest BCUT2D eigenvalue weighted by Crippen LogP contribution is -2.46. The Kier molecular flexibility index (Phi) is 2.51. The summed E-state index contributed by atoms with van der Waals surface area (Å²) >= 11 is 0. The van der Waals surface area contributed by atoms with Crippen molar-refractivity contribution < 1.29 is 9.90 Å². The van der Waals surface area contributed by atoms with E-state index in [2.05, 4.69) is 0 Å². The highest BCUT2D eigenvalue weighted by Crippen LogP contribution is 2.11. The van der Waals surface area contributed by atoms with Gasteiger partial charge >= 0.3 is 0 Å². The molecule has 2 aliphatic heterocycles. The molecule has 0 bridgehead atoms. The van der Waals surface area contributed by atoms with Gasteiger partial charge in [-0.2, -0.15) is 0 Å². The Morgan fingerprint density at radius 2 is 2.15 bits per heavy atom. The van der Waals surface area contributed by atoms with Gasteiger partial charge in [0.25, 0.3) is 0 Å². The quantitative estimate of drug-likeness (QED) is 0.616. The van der Waals surface area contributed by atoms with Gasteiger partial charge in [0.2, 0.25) is 5.91 Å². The van der Waals surface area contributed by atoms with E-state index in [9.17, 15) is 9.90 Å². The summed E-state index contributed by atoms with van der Waals surface area (Å²) in [5, 5.41) is 9.26. The Balaban J connectivity index is 1.74. The van der Waals surface area contributed by atoms with Gasteiger partial charge in [0, 0.05) is 26.2 Å². The van der Waals surface area contributed by atoms with E-state index in [1.165, 1.54) is 0 Å². The molecule has 1 unspecified atom stereocenters. The fourth-order valence-electron chi connectivity index (χ4n) is 1.81. The van der Waals surface area contributed by atoms with Gasteiger partial charge in [0.05, 0.1) is 12.6 Å². The molecule has 0 spiro atoms. The summed E-state index contributed by atoms with van der Waals surface area (Å²) in [6, 6.07) is 0. The summed E-state index contributed by atoms with van der Waals surface area (Å²) in [7, 11) is 0. The summed E-state index contributed by atoms with van der Waals surface area (Å²) in [5.41, 5.74) is 0. The number of β-amino-alcohol motifs (C(OH)–C–C–N with tert-alkyl or cyclic N) is 1. The van der Waals surface area contributed by atoms with Crippen LogP contribution in [-0.4, -0.2) is 59.6 Å². The lowest BCUT2D eigenvalue weighted by Gasteiger charge is -2.32. The lowest BCUT2D eigenvalue weighted by atomic mass is 10.2. The minimum absolute atomic E-state index is 0.218. The number of amides is 1. The molecule has 1 amide bonds. The fourth-order valence-corrected chi connectivity index (χ4v) is 1.81. The van der Waals surface area contributed by atoms with Crippen LogP contribution in [-0.2, 0) is 4.79 Å². The Hall–Kier alpha value is -0.610. The molecule has 1 N–H and O–H groups in total. The molecule has 0 aromatic carbocycles. The topological polar surface area (TPSA) is 43.8 Å². The minimum atomic E-state index is -0.218. The number of likely N-dealkylation sites (tertiary alicyclic amines) is 2. The van der Waals surface area contributed by atoms with Gasteiger partial charge in [0.15, 0.2) is 0 Å². The second-order valence-electron chi connectivity index (χ2n) is 3.91. The third-order valence-corrected chi connectivity index (χ3v) is 2.82. The molecule has 0 aliphatic carbocycles. The van der Waals surface area contributed by atoms with Crippen molar-refractivity contribution in [2.24, 2.45) is 0 Å². The molecular formula is C9H16N2O2. The third kappa shape index (κ3) is 2.00. The van der Waals surface area contributed by atoms with Gasteiger partial charge < -0.3 is 10.0 Å². The van der Waals surface area contributed by atoms with Crippen molar-refractivity contribution in [2.75, 3.05) is 32.7 Å². The SMILES string of the molecule is O=C(CN1CCC(O)C1)N1CCC1. The zero-order valence-corrected chi connectivity index (χ0v) is 7.78. The Morgan fingerprint density at radius 3 is 2.62 bits per heavy atom. The van der Waals surface area contributed by atoms with Crippen LogP contribution in [0.15, 0.2) is 0 Å². The Morgan fingerprint density at radius 1 is 1.38 bits per heavy atom.